The van der Waals surface area contributed by atoms with E-state index in [1.807, 2.05) is 13.0 Å². The normalized spacial score (nSPS) is 51.0. The third-order valence-electron chi connectivity index (χ3n) is 13.1. The summed E-state index contributed by atoms with van der Waals surface area (Å²) in [5, 5.41) is 4.07. The Bertz CT molecular complexity index is 1310. The molecule has 2 heterocycles. The van der Waals surface area contributed by atoms with Crippen molar-refractivity contribution in [2.75, 3.05) is 0 Å². The molecule has 5 aliphatic carbocycles. The fourth-order valence-corrected chi connectivity index (χ4v) is 11.0. The van der Waals surface area contributed by atoms with Crippen LogP contribution in [0, 0.1) is 38.9 Å². The van der Waals surface area contributed by atoms with Gasteiger partial charge in [-0.25, -0.2) is 0 Å². The highest BCUT2D eigenvalue weighted by atomic mass is 16.6. The van der Waals surface area contributed by atoms with E-state index in [-0.39, 0.29) is 34.4 Å². The highest BCUT2D eigenvalue weighted by Crippen LogP contribution is 2.78. The maximum Gasteiger partial charge on any atom is 0.313 e. The summed E-state index contributed by atoms with van der Waals surface area (Å²) in [6.07, 6.45) is 11.3. The molecule has 0 amide bonds. The van der Waals surface area contributed by atoms with Gasteiger partial charge >= 0.3 is 5.97 Å². The number of aromatic nitrogens is 1. The molecule has 6 nitrogen and oxygen atoms in total. The van der Waals surface area contributed by atoms with Crippen LogP contribution in [-0.2, 0) is 31.0 Å². The summed E-state index contributed by atoms with van der Waals surface area (Å²) < 4.78 is 12.1. The average Bonchev–Trinajstić information content (AvgIpc) is 3.37. The molecule has 8 atom stereocenters. The molecule has 3 saturated carbocycles. The van der Waals surface area contributed by atoms with Gasteiger partial charge in [0.05, 0.1) is 17.0 Å². The Labute approximate surface area is 218 Å². The van der Waals surface area contributed by atoms with Crippen molar-refractivity contribution in [3.63, 3.8) is 0 Å². The van der Waals surface area contributed by atoms with Gasteiger partial charge in [0.1, 0.15) is 6.29 Å². The summed E-state index contributed by atoms with van der Waals surface area (Å²) in [5.74, 6) is 0.441. The molecule has 37 heavy (non-hydrogen) atoms. The molecule has 0 aromatic carbocycles. The highest BCUT2D eigenvalue weighted by Gasteiger charge is 2.82. The fraction of sp³-hybridized carbons (Fsp3) is 0.742. The summed E-state index contributed by atoms with van der Waals surface area (Å²) in [5.41, 5.74) is -1.49. The molecule has 1 aromatic heterocycles. The van der Waals surface area contributed by atoms with Gasteiger partial charge in [-0.15, -0.1) is 0 Å². The van der Waals surface area contributed by atoms with Crippen LogP contribution in [-0.4, -0.2) is 28.8 Å². The van der Waals surface area contributed by atoms with E-state index in [1.165, 1.54) is 0 Å². The number of ketones is 1. The van der Waals surface area contributed by atoms with Crippen LogP contribution in [0.3, 0.4) is 0 Å². The van der Waals surface area contributed by atoms with E-state index in [2.05, 4.69) is 39.8 Å². The molecule has 1 aromatic rings. The lowest BCUT2D eigenvalue weighted by atomic mass is 9.33. The number of rotatable bonds is 1. The number of hydrogen-bond acceptors (Lipinski definition) is 6. The van der Waals surface area contributed by atoms with Crippen molar-refractivity contribution < 1.29 is 23.6 Å². The minimum atomic E-state index is -1.10. The lowest BCUT2D eigenvalue weighted by molar-refractivity contribution is -0.207. The SMILES string of the molecule is CC1(C)CC[C@@]23CC[C@@]4(C)[C@]5(C)CC[C@@H]6[C@](C)(Cc7cnoc7[C@@]6(C)C=O)C5=CC(=O)[C@]4(OC2=O)[C@@H]3C1. The lowest BCUT2D eigenvalue weighted by Crippen LogP contribution is -2.72. The lowest BCUT2D eigenvalue weighted by Gasteiger charge is -2.69. The smallest absolute Gasteiger partial charge is 0.313 e. The summed E-state index contributed by atoms with van der Waals surface area (Å²) in [4.78, 5) is 41.0. The maximum absolute atomic E-state index is 14.6. The van der Waals surface area contributed by atoms with Crippen molar-refractivity contribution in [1.29, 1.82) is 0 Å². The maximum atomic E-state index is 14.6. The van der Waals surface area contributed by atoms with E-state index < -0.39 is 27.3 Å². The molecule has 4 fully saturated rings. The molecular formula is C31H39NO5. The van der Waals surface area contributed by atoms with Gasteiger partial charge < -0.3 is 14.1 Å². The third kappa shape index (κ3) is 2.30. The van der Waals surface area contributed by atoms with Gasteiger partial charge in [0, 0.05) is 16.9 Å². The quantitative estimate of drug-likeness (QED) is 0.369. The minimum absolute atomic E-state index is 0.00477. The first-order valence-electron chi connectivity index (χ1n) is 14.2. The first-order valence-corrected chi connectivity index (χ1v) is 14.2. The van der Waals surface area contributed by atoms with E-state index in [0.29, 0.717) is 12.2 Å². The highest BCUT2D eigenvalue weighted by molar-refractivity contribution is 6.05. The Morgan fingerprint density at radius 3 is 2.43 bits per heavy atom. The number of carbonyl (C=O) groups excluding carboxylic acids is 3. The van der Waals surface area contributed by atoms with Gasteiger partial charge in [0.15, 0.2) is 17.1 Å². The number of nitrogens with zero attached hydrogens (tertiary/aromatic N) is 1. The van der Waals surface area contributed by atoms with Crippen molar-refractivity contribution >= 4 is 18.0 Å². The number of fused-ring (bicyclic) bond motifs is 5. The van der Waals surface area contributed by atoms with E-state index in [4.69, 9.17) is 9.26 Å². The molecule has 0 N–H and O–H groups in total. The number of esters is 1. The van der Waals surface area contributed by atoms with Crippen LogP contribution < -0.4 is 0 Å². The Balaban J connectivity index is 1.45. The Morgan fingerprint density at radius 1 is 0.973 bits per heavy atom. The van der Waals surface area contributed by atoms with E-state index >= 15 is 0 Å². The first-order chi connectivity index (χ1) is 17.2. The van der Waals surface area contributed by atoms with Gasteiger partial charge in [0.2, 0.25) is 0 Å². The average molecular weight is 506 g/mol. The first kappa shape index (κ1) is 23.8. The second-order valence-electron chi connectivity index (χ2n) is 15.1. The molecule has 6 heteroatoms. The molecule has 1 aliphatic heterocycles. The molecule has 6 aliphatic rings. The summed E-state index contributed by atoms with van der Waals surface area (Å²) in [6, 6.07) is 0. The van der Waals surface area contributed by atoms with Crippen molar-refractivity contribution in [3.05, 3.63) is 29.2 Å². The van der Waals surface area contributed by atoms with E-state index in [1.54, 1.807) is 6.20 Å². The van der Waals surface area contributed by atoms with Gasteiger partial charge in [0.25, 0.3) is 0 Å². The van der Waals surface area contributed by atoms with Gasteiger partial charge in [-0.05, 0) is 86.5 Å². The molecule has 1 spiro atoms. The second kappa shape index (κ2) is 6.48. The summed E-state index contributed by atoms with van der Waals surface area (Å²) in [7, 11) is 0. The zero-order chi connectivity index (χ0) is 26.4. The Hall–Kier alpha value is -2.24. The van der Waals surface area contributed by atoms with Gasteiger partial charge in [-0.2, -0.15) is 0 Å². The zero-order valence-corrected chi connectivity index (χ0v) is 23.0. The van der Waals surface area contributed by atoms with Crippen LogP contribution in [0.15, 0.2) is 22.4 Å². The predicted molar refractivity (Wildman–Crippen MR) is 135 cm³/mol. The third-order valence-corrected chi connectivity index (χ3v) is 13.1. The van der Waals surface area contributed by atoms with Crippen molar-refractivity contribution in [1.82, 2.24) is 5.16 Å². The molecule has 0 unspecified atom stereocenters. The molecule has 2 bridgehead atoms. The van der Waals surface area contributed by atoms with E-state index in [9.17, 15) is 14.4 Å². The molecule has 7 rings (SSSR count). The van der Waals surface area contributed by atoms with Crippen LogP contribution in [0.1, 0.15) is 97.8 Å². The fourth-order valence-electron chi connectivity index (χ4n) is 11.0. The van der Waals surface area contributed by atoms with Crippen molar-refractivity contribution in [2.45, 2.75) is 104 Å². The second-order valence-corrected chi connectivity index (χ2v) is 15.1. The van der Waals surface area contributed by atoms with Gasteiger partial charge in [-0.3, -0.25) is 9.59 Å². The topological polar surface area (TPSA) is 86.5 Å². The number of aldehydes is 1. The minimum Gasteiger partial charge on any atom is -0.449 e. The summed E-state index contributed by atoms with van der Waals surface area (Å²) >= 11 is 0. The zero-order valence-electron chi connectivity index (χ0n) is 23.0. The number of allylic oxidation sites excluding steroid dienone is 1. The van der Waals surface area contributed by atoms with Gasteiger partial charge in [-0.1, -0.05) is 45.3 Å². The largest absolute Gasteiger partial charge is 0.449 e. The molecular weight excluding hydrogens is 466 g/mol. The number of carbonyl (C=O) groups is 3. The number of ether oxygens (including phenoxy) is 1. The monoisotopic (exact) mass is 505 g/mol. The number of hydrogen-bond donors (Lipinski definition) is 0. The van der Waals surface area contributed by atoms with Crippen LogP contribution in [0.5, 0.6) is 0 Å². The standard InChI is InChI=1S/C31H39NO5/c1-25(2)9-11-30-12-10-29(6)28(5)8-7-19-26(3,14-18-16-32-37-23(18)27(19,4)17-33)20(28)13-22(34)31(29,21(30)15-25)36-24(30)35/h13,16-17,19,21H,7-12,14-15H2,1-6H3/t19-,21-,26+,27+,28-,29+,30+,31-/m1/s1. The summed E-state index contributed by atoms with van der Waals surface area (Å²) in [6.45, 7) is 13.3. The van der Waals surface area contributed by atoms with E-state index in [0.717, 1.165) is 62.4 Å². The van der Waals surface area contributed by atoms with Crippen LogP contribution in [0.25, 0.3) is 0 Å². The van der Waals surface area contributed by atoms with Crippen molar-refractivity contribution in [3.8, 4) is 0 Å². The Morgan fingerprint density at radius 2 is 1.70 bits per heavy atom. The predicted octanol–water partition coefficient (Wildman–Crippen LogP) is 5.53. The van der Waals surface area contributed by atoms with Crippen molar-refractivity contribution in [2.24, 2.45) is 38.9 Å². The van der Waals surface area contributed by atoms with Crippen LogP contribution in [0.2, 0.25) is 0 Å². The molecule has 198 valence electrons. The molecule has 1 saturated heterocycles. The Kier molecular flexibility index (Phi) is 4.18. The molecule has 0 radical (unpaired) electrons. The van der Waals surface area contributed by atoms with Crippen LogP contribution >= 0.6 is 0 Å². The van der Waals surface area contributed by atoms with Crippen LogP contribution in [0.4, 0.5) is 0 Å².